The second-order valence-corrected chi connectivity index (χ2v) is 5.44. The van der Waals surface area contributed by atoms with Crippen molar-refractivity contribution in [3.63, 3.8) is 0 Å². The molecular weight excluding hydrogens is 252 g/mol. The fourth-order valence-corrected chi connectivity index (χ4v) is 2.71. The van der Waals surface area contributed by atoms with E-state index in [0.29, 0.717) is 11.6 Å². The summed E-state index contributed by atoms with van der Waals surface area (Å²) in [6, 6.07) is 4.21. The summed E-state index contributed by atoms with van der Waals surface area (Å²) >= 11 is 0. The van der Waals surface area contributed by atoms with Crippen molar-refractivity contribution in [2.45, 2.75) is 19.9 Å². The number of nitrogens with one attached hydrogen (secondary N) is 2. The van der Waals surface area contributed by atoms with Crippen LogP contribution < -0.4 is 10.9 Å². The first-order chi connectivity index (χ1) is 9.65. The zero-order chi connectivity index (χ0) is 14.1. The minimum absolute atomic E-state index is 0.0359. The number of H-pyrrole nitrogens is 1. The molecule has 0 bridgehead atoms. The average Bonchev–Trinajstić information content (AvgIpc) is 2.48. The van der Waals surface area contributed by atoms with Crippen molar-refractivity contribution in [2.75, 3.05) is 26.2 Å². The molecule has 20 heavy (non-hydrogen) atoms. The molecular formula is C15H20N4O. The SMILES string of the molecule is Cc1cc2ncc([C@@H](C)N3CCNCC3)cc2[nH]c1=O. The second-order valence-electron chi connectivity index (χ2n) is 5.44. The van der Waals surface area contributed by atoms with Crippen LogP contribution in [0.3, 0.4) is 0 Å². The number of rotatable bonds is 2. The molecule has 2 aromatic heterocycles. The molecule has 1 saturated heterocycles. The van der Waals surface area contributed by atoms with Crippen molar-refractivity contribution in [1.82, 2.24) is 20.2 Å². The van der Waals surface area contributed by atoms with Crippen LogP contribution in [-0.2, 0) is 0 Å². The van der Waals surface area contributed by atoms with E-state index in [1.807, 2.05) is 12.3 Å². The molecule has 5 heteroatoms. The molecule has 3 rings (SSSR count). The molecule has 106 valence electrons. The first-order valence-electron chi connectivity index (χ1n) is 7.09. The number of hydrogen-bond acceptors (Lipinski definition) is 4. The highest BCUT2D eigenvalue weighted by atomic mass is 16.1. The third-order valence-electron chi connectivity index (χ3n) is 4.08. The van der Waals surface area contributed by atoms with Crippen LogP contribution in [0.25, 0.3) is 11.0 Å². The molecule has 0 radical (unpaired) electrons. The van der Waals surface area contributed by atoms with Gasteiger partial charge in [-0.2, -0.15) is 0 Å². The zero-order valence-corrected chi connectivity index (χ0v) is 11.9. The lowest BCUT2D eigenvalue weighted by molar-refractivity contribution is 0.185. The molecule has 3 heterocycles. The molecule has 2 aromatic rings. The van der Waals surface area contributed by atoms with Crippen molar-refractivity contribution < 1.29 is 0 Å². The van der Waals surface area contributed by atoms with Gasteiger partial charge >= 0.3 is 0 Å². The van der Waals surface area contributed by atoms with Crippen LogP contribution in [0.2, 0.25) is 0 Å². The van der Waals surface area contributed by atoms with E-state index in [9.17, 15) is 4.79 Å². The van der Waals surface area contributed by atoms with E-state index in [4.69, 9.17) is 0 Å². The predicted molar refractivity (Wildman–Crippen MR) is 80.0 cm³/mol. The van der Waals surface area contributed by atoms with Gasteiger partial charge in [-0.15, -0.1) is 0 Å². The molecule has 0 unspecified atom stereocenters. The molecule has 0 aliphatic carbocycles. The van der Waals surface area contributed by atoms with E-state index >= 15 is 0 Å². The smallest absolute Gasteiger partial charge is 0.251 e. The van der Waals surface area contributed by atoms with Crippen LogP contribution in [0.5, 0.6) is 0 Å². The summed E-state index contributed by atoms with van der Waals surface area (Å²) in [7, 11) is 0. The molecule has 2 N–H and O–H groups in total. The van der Waals surface area contributed by atoms with Gasteiger partial charge in [0.15, 0.2) is 0 Å². The van der Waals surface area contributed by atoms with Crippen molar-refractivity contribution in [2.24, 2.45) is 0 Å². The third kappa shape index (κ3) is 2.46. The Hall–Kier alpha value is -1.72. The maximum atomic E-state index is 11.7. The number of aromatic nitrogens is 2. The van der Waals surface area contributed by atoms with Gasteiger partial charge in [0.05, 0.1) is 11.0 Å². The van der Waals surface area contributed by atoms with Crippen molar-refractivity contribution in [3.05, 3.63) is 39.8 Å². The van der Waals surface area contributed by atoms with E-state index < -0.39 is 0 Å². The topological polar surface area (TPSA) is 61.0 Å². The minimum Gasteiger partial charge on any atom is -0.320 e. The summed E-state index contributed by atoms with van der Waals surface area (Å²) in [5.74, 6) is 0. The Morgan fingerprint density at radius 3 is 2.80 bits per heavy atom. The Balaban J connectivity index is 1.95. The van der Waals surface area contributed by atoms with Gasteiger partial charge in [0, 0.05) is 44.0 Å². The molecule has 1 aliphatic heterocycles. The highest BCUT2D eigenvalue weighted by Gasteiger charge is 2.18. The van der Waals surface area contributed by atoms with Crippen molar-refractivity contribution in [3.8, 4) is 0 Å². The molecule has 1 aliphatic rings. The molecule has 5 nitrogen and oxygen atoms in total. The number of aromatic amines is 1. The number of nitrogens with zero attached hydrogens (tertiary/aromatic N) is 2. The van der Waals surface area contributed by atoms with Gasteiger partial charge in [-0.3, -0.25) is 14.7 Å². The summed E-state index contributed by atoms with van der Waals surface area (Å²) in [5, 5.41) is 3.36. The first kappa shape index (κ1) is 13.3. The quantitative estimate of drug-likeness (QED) is 0.862. The maximum Gasteiger partial charge on any atom is 0.251 e. The van der Waals surface area contributed by atoms with E-state index in [1.54, 1.807) is 6.92 Å². The van der Waals surface area contributed by atoms with Gasteiger partial charge in [0.1, 0.15) is 0 Å². The number of fused-ring (bicyclic) bond motifs is 1. The minimum atomic E-state index is -0.0359. The largest absolute Gasteiger partial charge is 0.320 e. The molecule has 0 amide bonds. The fourth-order valence-electron chi connectivity index (χ4n) is 2.71. The normalized spacial score (nSPS) is 18.3. The van der Waals surface area contributed by atoms with Gasteiger partial charge in [0.2, 0.25) is 0 Å². The summed E-state index contributed by atoms with van der Waals surface area (Å²) in [6.07, 6.45) is 1.92. The predicted octanol–water partition coefficient (Wildman–Crippen LogP) is 1.20. The summed E-state index contributed by atoms with van der Waals surface area (Å²) in [6.45, 7) is 8.15. The Kier molecular flexibility index (Phi) is 3.54. The van der Waals surface area contributed by atoms with Gasteiger partial charge in [-0.25, -0.2) is 0 Å². The van der Waals surface area contributed by atoms with E-state index in [2.05, 4.69) is 33.2 Å². The zero-order valence-electron chi connectivity index (χ0n) is 11.9. The van der Waals surface area contributed by atoms with Gasteiger partial charge in [-0.05, 0) is 31.5 Å². The van der Waals surface area contributed by atoms with Crippen molar-refractivity contribution in [1.29, 1.82) is 0 Å². The number of hydrogen-bond donors (Lipinski definition) is 2. The number of piperazine rings is 1. The van der Waals surface area contributed by atoms with Crippen LogP contribution in [0.4, 0.5) is 0 Å². The highest BCUT2D eigenvalue weighted by Crippen LogP contribution is 2.22. The van der Waals surface area contributed by atoms with E-state index in [-0.39, 0.29) is 5.56 Å². The van der Waals surface area contributed by atoms with Crippen LogP contribution in [0.1, 0.15) is 24.1 Å². The summed E-state index contributed by atoms with van der Waals surface area (Å²) < 4.78 is 0. The Morgan fingerprint density at radius 1 is 1.30 bits per heavy atom. The molecule has 0 spiro atoms. The molecule has 0 saturated carbocycles. The van der Waals surface area contributed by atoms with Crippen LogP contribution in [0.15, 0.2) is 23.1 Å². The summed E-state index contributed by atoms with van der Waals surface area (Å²) in [5.41, 5.74) is 3.48. The Bertz CT molecular complexity index is 673. The van der Waals surface area contributed by atoms with E-state index in [1.165, 1.54) is 0 Å². The number of pyridine rings is 2. The third-order valence-corrected chi connectivity index (χ3v) is 4.08. The highest BCUT2D eigenvalue weighted by molar-refractivity contribution is 5.74. The fraction of sp³-hybridized carbons (Fsp3) is 0.467. The van der Waals surface area contributed by atoms with Crippen LogP contribution in [0, 0.1) is 6.92 Å². The van der Waals surface area contributed by atoms with E-state index in [0.717, 1.165) is 42.8 Å². The lowest BCUT2D eigenvalue weighted by Crippen LogP contribution is -2.44. The van der Waals surface area contributed by atoms with Gasteiger partial charge < -0.3 is 10.3 Å². The Labute approximate surface area is 118 Å². The molecule has 1 atom stereocenters. The maximum absolute atomic E-state index is 11.7. The van der Waals surface area contributed by atoms with Gasteiger partial charge in [0.25, 0.3) is 5.56 Å². The lowest BCUT2D eigenvalue weighted by Gasteiger charge is -2.32. The van der Waals surface area contributed by atoms with Gasteiger partial charge in [-0.1, -0.05) is 0 Å². The second kappa shape index (κ2) is 5.34. The Morgan fingerprint density at radius 2 is 2.05 bits per heavy atom. The first-order valence-corrected chi connectivity index (χ1v) is 7.09. The van der Waals surface area contributed by atoms with Crippen LogP contribution in [-0.4, -0.2) is 41.0 Å². The average molecular weight is 272 g/mol. The lowest BCUT2D eigenvalue weighted by atomic mass is 10.1. The molecule has 0 aromatic carbocycles. The molecule has 1 fully saturated rings. The number of aryl methyl sites for hydroxylation is 1. The summed E-state index contributed by atoms with van der Waals surface area (Å²) in [4.78, 5) is 21.5. The monoisotopic (exact) mass is 272 g/mol. The standard InChI is InChI=1S/C15H20N4O/c1-10-7-13-14(18-15(10)20)8-12(9-17-13)11(2)19-5-3-16-4-6-19/h7-9,11,16H,3-6H2,1-2H3,(H,18,20)/t11-/m1/s1. The van der Waals surface area contributed by atoms with Crippen LogP contribution >= 0.6 is 0 Å². The van der Waals surface area contributed by atoms with Crippen molar-refractivity contribution >= 4 is 11.0 Å².